The Balaban J connectivity index is 1.36. The minimum absolute atomic E-state index is 0.294. The standard InChI is InChI=1S/C29H35N5O/c1-4-22(2)28-29-31-26(25-12-8-9-13-27(25)35-3)20-33(29)17-16-32(28)15-14-24-18-30-21-34(24)19-23-10-6-5-7-11-23/h5-13,18,20-22,28H,4,14-17,19H2,1-3H3. The van der Waals surface area contributed by atoms with Crippen LogP contribution in [0.2, 0.25) is 0 Å². The van der Waals surface area contributed by atoms with Gasteiger partial charge in [-0.3, -0.25) is 4.90 Å². The number of hydrogen-bond donors (Lipinski definition) is 0. The van der Waals surface area contributed by atoms with E-state index >= 15 is 0 Å². The molecule has 6 nitrogen and oxygen atoms in total. The molecule has 2 unspecified atom stereocenters. The van der Waals surface area contributed by atoms with Gasteiger partial charge >= 0.3 is 0 Å². The van der Waals surface area contributed by atoms with Crippen molar-refractivity contribution in [3.05, 3.63) is 90.4 Å². The Morgan fingerprint density at radius 3 is 2.66 bits per heavy atom. The monoisotopic (exact) mass is 469 g/mol. The first kappa shape index (κ1) is 23.4. The van der Waals surface area contributed by atoms with Crippen molar-refractivity contribution in [2.45, 2.75) is 45.8 Å². The molecule has 0 saturated carbocycles. The number of hydrogen-bond acceptors (Lipinski definition) is 4. The number of rotatable bonds is 9. The minimum atomic E-state index is 0.294. The van der Waals surface area contributed by atoms with Gasteiger partial charge in [-0.15, -0.1) is 0 Å². The van der Waals surface area contributed by atoms with E-state index in [0.29, 0.717) is 12.0 Å². The molecular formula is C29H35N5O. The van der Waals surface area contributed by atoms with Crippen LogP contribution in [0.25, 0.3) is 11.3 Å². The molecule has 182 valence electrons. The molecule has 0 bridgehead atoms. The summed E-state index contributed by atoms with van der Waals surface area (Å²) in [5.74, 6) is 2.55. The molecule has 5 rings (SSSR count). The summed E-state index contributed by atoms with van der Waals surface area (Å²) < 4.78 is 10.2. The number of fused-ring (bicyclic) bond motifs is 1. The summed E-state index contributed by atoms with van der Waals surface area (Å²) in [5, 5.41) is 0. The Morgan fingerprint density at radius 2 is 1.86 bits per heavy atom. The predicted molar refractivity (Wildman–Crippen MR) is 139 cm³/mol. The van der Waals surface area contributed by atoms with Crippen LogP contribution in [0.15, 0.2) is 73.3 Å². The average molecular weight is 470 g/mol. The van der Waals surface area contributed by atoms with Crippen LogP contribution >= 0.6 is 0 Å². The first-order valence-electron chi connectivity index (χ1n) is 12.6. The third kappa shape index (κ3) is 4.89. The van der Waals surface area contributed by atoms with Crippen LogP contribution in [0.1, 0.15) is 43.4 Å². The SMILES string of the molecule is CCC(C)C1c2nc(-c3ccccc3OC)cn2CCN1CCc1cncn1Cc1ccccc1. The van der Waals surface area contributed by atoms with Crippen molar-refractivity contribution in [1.29, 1.82) is 0 Å². The normalized spacial score (nSPS) is 16.7. The van der Waals surface area contributed by atoms with Crippen molar-refractivity contribution >= 4 is 0 Å². The average Bonchev–Trinajstić information content (AvgIpc) is 3.54. The lowest BCUT2D eigenvalue weighted by molar-refractivity contribution is 0.108. The van der Waals surface area contributed by atoms with E-state index in [4.69, 9.17) is 9.72 Å². The topological polar surface area (TPSA) is 48.1 Å². The highest BCUT2D eigenvalue weighted by Gasteiger charge is 2.33. The van der Waals surface area contributed by atoms with Gasteiger partial charge in [0.2, 0.25) is 0 Å². The molecule has 1 aliphatic heterocycles. The van der Waals surface area contributed by atoms with Gasteiger partial charge < -0.3 is 13.9 Å². The molecule has 0 saturated heterocycles. The summed E-state index contributed by atoms with van der Waals surface area (Å²) in [5.41, 5.74) is 4.62. The van der Waals surface area contributed by atoms with E-state index in [-0.39, 0.29) is 0 Å². The Morgan fingerprint density at radius 1 is 1.06 bits per heavy atom. The van der Waals surface area contributed by atoms with Gasteiger partial charge in [-0.25, -0.2) is 9.97 Å². The third-order valence-corrected chi connectivity index (χ3v) is 7.31. The largest absolute Gasteiger partial charge is 0.496 e. The number of imidazole rings is 2. The molecule has 0 fully saturated rings. The van der Waals surface area contributed by atoms with Crippen LogP contribution in [-0.4, -0.2) is 44.2 Å². The van der Waals surface area contributed by atoms with Gasteiger partial charge in [0.05, 0.1) is 25.2 Å². The fraction of sp³-hybridized carbons (Fsp3) is 0.379. The fourth-order valence-electron chi connectivity index (χ4n) is 5.20. The van der Waals surface area contributed by atoms with Gasteiger partial charge in [0.15, 0.2) is 0 Å². The lowest BCUT2D eigenvalue weighted by atomic mass is 9.95. The van der Waals surface area contributed by atoms with E-state index in [1.54, 1.807) is 7.11 Å². The Hall–Kier alpha value is -3.38. The van der Waals surface area contributed by atoms with E-state index in [2.05, 4.69) is 75.5 Å². The second kappa shape index (κ2) is 10.5. The highest BCUT2D eigenvalue weighted by molar-refractivity contribution is 5.66. The van der Waals surface area contributed by atoms with Gasteiger partial charge in [-0.05, 0) is 23.6 Å². The summed E-state index contributed by atoms with van der Waals surface area (Å²) in [6, 6.07) is 19.0. The van der Waals surface area contributed by atoms with Crippen molar-refractivity contribution < 1.29 is 4.74 Å². The predicted octanol–water partition coefficient (Wildman–Crippen LogP) is 5.45. The maximum Gasteiger partial charge on any atom is 0.128 e. The van der Waals surface area contributed by atoms with E-state index in [0.717, 1.165) is 56.0 Å². The molecule has 1 aliphatic rings. The summed E-state index contributed by atoms with van der Waals surface area (Å²) >= 11 is 0. The minimum Gasteiger partial charge on any atom is -0.496 e. The highest BCUT2D eigenvalue weighted by Crippen LogP contribution is 2.37. The molecule has 2 atom stereocenters. The van der Waals surface area contributed by atoms with E-state index < -0.39 is 0 Å². The number of benzene rings is 2. The zero-order chi connectivity index (χ0) is 24.2. The molecule has 0 radical (unpaired) electrons. The van der Waals surface area contributed by atoms with Gasteiger partial charge in [-0.1, -0.05) is 62.7 Å². The first-order chi connectivity index (χ1) is 17.2. The molecule has 2 aromatic heterocycles. The molecular weight excluding hydrogens is 434 g/mol. The summed E-state index contributed by atoms with van der Waals surface area (Å²) in [6.45, 7) is 8.46. The Labute approximate surface area is 208 Å². The zero-order valence-corrected chi connectivity index (χ0v) is 21.0. The molecule has 0 spiro atoms. The van der Waals surface area contributed by atoms with E-state index in [1.807, 2.05) is 30.7 Å². The lowest BCUT2D eigenvalue weighted by Gasteiger charge is -2.39. The van der Waals surface area contributed by atoms with Gasteiger partial charge in [0, 0.05) is 56.3 Å². The second-order valence-electron chi connectivity index (χ2n) is 9.49. The van der Waals surface area contributed by atoms with Crippen LogP contribution in [0.3, 0.4) is 0 Å². The van der Waals surface area contributed by atoms with Gasteiger partial charge in [-0.2, -0.15) is 0 Å². The molecule has 35 heavy (non-hydrogen) atoms. The summed E-state index contributed by atoms with van der Waals surface area (Å²) in [6.07, 6.45) is 8.27. The fourth-order valence-corrected chi connectivity index (χ4v) is 5.20. The highest BCUT2D eigenvalue weighted by atomic mass is 16.5. The first-order valence-corrected chi connectivity index (χ1v) is 12.6. The van der Waals surface area contributed by atoms with Crippen molar-refractivity contribution in [3.63, 3.8) is 0 Å². The third-order valence-electron chi connectivity index (χ3n) is 7.31. The lowest BCUT2D eigenvalue weighted by Crippen LogP contribution is -2.42. The number of aromatic nitrogens is 4. The van der Waals surface area contributed by atoms with Crippen molar-refractivity contribution in [3.8, 4) is 17.0 Å². The Bertz CT molecular complexity index is 1240. The van der Waals surface area contributed by atoms with E-state index in [9.17, 15) is 0 Å². The van der Waals surface area contributed by atoms with Crippen molar-refractivity contribution in [1.82, 2.24) is 24.0 Å². The van der Waals surface area contributed by atoms with Gasteiger partial charge in [0.25, 0.3) is 0 Å². The summed E-state index contributed by atoms with van der Waals surface area (Å²) in [4.78, 5) is 12.3. The maximum atomic E-state index is 5.61. The molecule has 6 heteroatoms. The van der Waals surface area contributed by atoms with Crippen molar-refractivity contribution in [2.24, 2.45) is 5.92 Å². The number of ether oxygens (including phenoxy) is 1. The number of methoxy groups -OCH3 is 1. The quantitative estimate of drug-likeness (QED) is 0.327. The maximum absolute atomic E-state index is 5.61. The zero-order valence-electron chi connectivity index (χ0n) is 21.0. The number of para-hydroxylation sites is 1. The number of nitrogens with zero attached hydrogens (tertiary/aromatic N) is 5. The van der Waals surface area contributed by atoms with Crippen LogP contribution in [0.5, 0.6) is 5.75 Å². The van der Waals surface area contributed by atoms with Crippen molar-refractivity contribution in [2.75, 3.05) is 20.2 Å². The molecule has 2 aromatic carbocycles. The molecule has 0 amide bonds. The molecule has 3 heterocycles. The van der Waals surface area contributed by atoms with Crippen LogP contribution in [0.4, 0.5) is 0 Å². The van der Waals surface area contributed by atoms with E-state index in [1.165, 1.54) is 17.1 Å². The Kier molecular flexibility index (Phi) is 7.00. The summed E-state index contributed by atoms with van der Waals surface area (Å²) in [7, 11) is 1.72. The second-order valence-corrected chi connectivity index (χ2v) is 9.49. The van der Waals surface area contributed by atoms with Crippen LogP contribution in [0, 0.1) is 5.92 Å². The molecule has 0 aliphatic carbocycles. The molecule has 0 N–H and O–H groups in total. The smallest absolute Gasteiger partial charge is 0.128 e. The molecule has 4 aromatic rings. The van der Waals surface area contributed by atoms with Gasteiger partial charge in [0.1, 0.15) is 11.6 Å². The van der Waals surface area contributed by atoms with Crippen LogP contribution in [-0.2, 0) is 19.5 Å². The van der Waals surface area contributed by atoms with Crippen LogP contribution < -0.4 is 4.74 Å².